The van der Waals surface area contributed by atoms with Crippen LogP contribution in [0.2, 0.25) is 0 Å². The average Bonchev–Trinajstić information content (AvgIpc) is 2.36. The van der Waals surface area contributed by atoms with Gasteiger partial charge in [-0.2, -0.15) is 0 Å². The number of nitrogens with one attached hydrogen (secondary N) is 1. The molecule has 1 N–H and O–H groups in total. The monoisotopic (exact) mass is 235 g/mol. The second kappa shape index (κ2) is 8.13. The highest BCUT2D eigenvalue weighted by molar-refractivity contribution is 5.33. The molecule has 0 heterocycles. The highest BCUT2D eigenvalue weighted by Crippen LogP contribution is 2.19. The van der Waals surface area contributed by atoms with Crippen molar-refractivity contribution in [1.82, 2.24) is 5.32 Å². The van der Waals surface area contributed by atoms with E-state index >= 15 is 0 Å². The first-order valence-corrected chi connectivity index (χ1v) is 6.73. The number of unbranched alkanes of at least 4 members (excludes halogenated alkanes) is 1. The van der Waals surface area contributed by atoms with Crippen LogP contribution in [-0.2, 0) is 6.54 Å². The molecule has 0 bridgehead atoms. The van der Waals surface area contributed by atoms with Crippen LogP contribution in [0.4, 0.5) is 0 Å². The number of ether oxygens (including phenoxy) is 1. The summed E-state index contributed by atoms with van der Waals surface area (Å²) in [5, 5.41) is 3.45. The molecule has 96 valence electrons. The van der Waals surface area contributed by atoms with E-state index in [0.29, 0.717) is 0 Å². The third kappa shape index (κ3) is 5.22. The molecule has 2 nitrogen and oxygen atoms in total. The fourth-order valence-corrected chi connectivity index (χ4v) is 1.59. The van der Waals surface area contributed by atoms with E-state index in [9.17, 15) is 0 Å². The van der Waals surface area contributed by atoms with Crippen LogP contribution in [0, 0.1) is 0 Å². The molecule has 1 rings (SSSR count). The zero-order chi connectivity index (χ0) is 12.5. The number of benzene rings is 1. The van der Waals surface area contributed by atoms with Gasteiger partial charge in [0.15, 0.2) is 0 Å². The predicted octanol–water partition coefficient (Wildman–Crippen LogP) is 3.75. The fraction of sp³-hybridized carbons (Fsp3) is 0.600. The van der Waals surface area contributed by atoms with Crippen LogP contribution in [0.15, 0.2) is 24.3 Å². The second-order valence-electron chi connectivity index (χ2n) is 4.47. The number of hydrogen-bond acceptors (Lipinski definition) is 2. The summed E-state index contributed by atoms with van der Waals surface area (Å²) in [5.74, 6) is 1.02. The van der Waals surface area contributed by atoms with Crippen LogP contribution < -0.4 is 10.1 Å². The van der Waals surface area contributed by atoms with Gasteiger partial charge in [-0.05, 0) is 32.4 Å². The first-order valence-electron chi connectivity index (χ1n) is 6.73. The molecule has 1 atom stereocenters. The Morgan fingerprint density at radius 2 is 2.00 bits per heavy atom. The predicted molar refractivity (Wildman–Crippen MR) is 73.4 cm³/mol. The molecule has 0 fully saturated rings. The van der Waals surface area contributed by atoms with Crippen molar-refractivity contribution in [2.75, 3.05) is 6.54 Å². The molecule has 0 saturated heterocycles. The van der Waals surface area contributed by atoms with E-state index in [-0.39, 0.29) is 6.10 Å². The Bertz CT molecular complexity index is 312. The molecule has 1 aromatic rings. The molecule has 0 radical (unpaired) electrons. The van der Waals surface area contributed by atoms with Gasteiger partial charge in [0.05, 0.1) is 6.10 Å². The van der Waals surface area contributed by atoms with Crippen LogP contribution >= 0.6 is 0 Å². The van der Waals surface area contributed by atoms with Gasteiger partial charge in [-0.15, -0.1) is 0 Å². The standard InChI is InChI=1S/C15H25NO/c1-4-6-11-16-12-14-9-7-8-10-15(14)17-13(3)5-2/h7-10,13,16H,4-6,11-12H2,1-3H3/t13-/m1/s1. The molecule has 0 aliphatic carbocycles. The van der Waals surface area contributed by atoms with Crippen LogP contribution in [0.5, 0.6) is 5.75 Å². The van der Waals surface area contributed by atoms with Crippen molar-refractivity contribution >= 4 is 0 Å². The van der Waals surface area contributed by atoms with Crippen molar-refractivity contribution in [3.63, 3.8) is 0 Å². The van der Waals surface area contributed by atoms with Crippen LogP contribution in [-0.4, -0.2) is 12.6 Å². The molecule has 0 aliphatic heterocycles. The topological polar surface area (TPSA) is 21.3 Å². The molecular formula is C15H25NO. The van der Waals surface area contributed by atoms with Gasteiger partial charge < -0.3 is 10.1 Å². The molecule has 17 heavy (non-hydrogen) atoms. The maximum Gasteiger partial charge on any atom is 0.124 e. The summed E-state index contributed by atoms with van der Waals surface area (Å²) in [7, 11) is 0. The number of hydrogen-bond donors (Lipinski definition) is 1. The van der Waals surface area contributed by atoms with E-state index in [1.807, 2.05) is 6.07 Å². The van der Waals surface area contributed by atoms with Gasteiger partial charge in [0.25, 0.3) is 0 Å². The highest BCUT2D eigenvalue weighted by atomic mass is 16.5. The van der Waals surface area contributed by atoms with Gasteiger partial charge in [0.1, 0.15) is 5.75 Å². The van der Waals surface area contributed by atoms with E-state index in [4.69, 9.17) is 4.74 Å². The highest BCUT2D eigenvalue weighted by Gasteiger charge is 2.05. The molecule has 0 spiro atoms. The summed E-state index contributed by atoms with van der Waals surface area (Å²) >= 11 is 0. The van der Waals surface area contributed by atoms with E-state index < -0.39 is 0 Å². The van der Waals surface area contributed by atoms with Crippen molar-refractivity contribution < 1.29 is 4.74 Å². The first-order chi connectivity index (χ1) is 8.27. The third-order valence-electron chi connectivity index (χ3n) is 2.90. The van der Waals surface area contributed by atoms with Gasteiger partial charge in [-0.3, -0.25) is 0 Å². The normalized spacial score (nSPS) is 12.4. The average molecular weight is 235 g/mol. The summed E-state index contributed by atoms with van der Waals surface area (Å²) in [6.07, 6.45) is 3.79. The summed E-state index contributed by atoms with van der Waals surface area (Å²) in [6.45, 7) is 8.44. The van der Waals surface area contributed by atoms with Crippen LogP contribution in [0.3, 0.4) is 0 Å². The molecule has 0 amide bonds. The largest absolute Gasteiger partial charge is 0.490 e. The maximum atomic E-state index is 5.91. The Morgan fingerprint density at radius 1 is 1.24 bits per heavy atom. The Balaban J connectivity index is 2.51. The number of para-hydroxylation sites is 1. The molecular weight excluding hydrogens is 210 g/mol. The third-order valence-corrected chi connectivity index (χ3v) is 2.90. The minimum atomic E-state index is 0.284. The van der Waals surface area contributed by atoms with Crippen molar-refractivity contribution in [1.29, 1.82) is 0 Å². The molecule has 0 saturated carbocycles. The Morgan fingerprint density at radius 3 is 2.71 bits per heavy atom. The van der Waals surface area contributed by atoms with E-state index in [2.05, 4.69) is 44.3 Å². The van der Waals surface area contributed by atoms with Crippen molar-refractivity contribution in [3.05, 3.63) is 29.8 Å². The Hall–Kier alpha value is -1.02. The summed E-state index contributed by atoms with van der Waals surface area (Å²) in [6, 6.07) is 8.30. The lowest BCUT2D eigenvalue weighted by atomic mass is 10.2. The van der Waals surface area contributed by atoms with E-state index in [0.717, 1.165) is 25.3 Å². The fourth-order valence-electron chi connectivity index (χ4n) is 1.59. The summed E-state index contributed by atoms with van der Waals surface area (Å²) < 4.78 is 5.91. The minimum Gasteiger partial charge on any atom is -0.490 e. The first kappa shape index (κ1) is 14.0. The molecule has 0 unspecified atom stereocenters. The van der Waals surface area contributed by atoms with Crippen LogP contribution in [0.1, 0.15) is 45.6 Å². The van der Waals surface area contributed by atoms with Gasteiger partial charge in [-0.1, -0.05) is 38.5 Å². The maximum absolute atomic E-state index is 5.91. The smallest absolute Gasteiger partial charge is 0.124 e. The molecule has 0 aliphatic rings. The number of rotatable bonds is 8. The zero-order valence-electron chi connectivity index (χ0n) is 11.3. The quantitative estimate of drug-likeness (QED) is 0.693. The summed E-state index contributed by atoms with van der Waals surface area (Å²) in [4.78, 5) is 0. The lowest BCUT2D eigenvalue weighted by Crippen LogP contribution is -2.17. The van der Waals surface area contributed by atoms with E-state index in [1.54, 1.807) is 0 Å². The Labute approximate surface area is 105 Å². The van der Waals surface area contributed by atoms with Crippen molar-refractivity contribution in [2.24, 2.45) is 0 Å². The molecule has 0 aromatic heterocycles. The second-order valence-corrected chi connectivity index (χ2v) is 4.47. The van der Waals surface area contributed by atoms with E-state index in [1.165, 1.54) is 18.4 Å². The zero-order valence-corrected chi connectivity index (χ0v) is 11.3. The lowest BCUT2D eigenvalue weighted by molar-refractivity contribution is 0.215. The molecule has 1 aromatic carbocycles. The van der Waals surface area contributed by atoms with Crippen LogP contribution in [0.25, 0.3) is 0 Å². The van der Waals surface area contributed by atoms with Crippen molar-refractivity contribution in [2.45, 2.75) is 52.7 Å². The van der Waals surface area contributed by atoms with Gasteiger partial charge in [0.2, 0.25) is 0 Å². The van der Waals surface area contributed by atoms with Crippen molar-refractivity contribution in [3.8, 4) is 5.75 Å². The minimum absolute atomic E-state index is 0.284. The molecule has 2 heteroatoms. The van der Waals surface area contributed by atoms with Gasteiger partial charge in [0, 0.05) is 12.1 Å². The van der Waals surface area contributed by atoms with Gasteiger partial charge in [-0.25, -0.2) is 0 Å². The lowest BCUT2D eigenvalue weighted by Gasteiger charge is -2.16. The Kier molecular flexibility index (Phi) is 6.71. The SMILES string of the molecule is CCCCNCc1ccccc1O[C@H](C)CC. The summed E-state index contributed by atoms with van der Waals surface area (Å²) in [5.41, 5.74) is 1.25. The van der Waals surface area contributed by atoms with Gasteiger partial charge >= 0.3 is 0 Å².